The van der Waals surface area contributed by atoms with E-state index in [2.05, 4.69) is 26.0 Å². The van der Waals surface area contributed by atoms with Crippen LogP contribution >= 0.6 is 15.9 Å². The maximum absolute atomic E-state index is 13.3. The van der Waals surface area contributed by atoms with Crippen molar-refractivity contribution in [3.05, 3.63) is 22.4 Å². The average Bonchev–Trinajstić information content (AvgIpc) is 2.82. The number of amides is 1. The Balaban J connectivity index is 2.08. The Kier molecular flexibility index (Phi) is 4.14. The number of hydrogen-bond acceptors (Lipinski definition) is 4. The van der Waals surface area contributed by atoms with Crippen LogP contribution in [0.5, 0.6) is 0 Å². The Bertz CT molecular complexity index is 498. The van der Waals surface area contributed by atoms with Crippen LogP contribution in [-0.4, -0.2) is 32.3 Å². The number of halogens is 2. The van der Waals surface area contributed by atoms with E-state index in [9.17, 15) is 9.18 Å². The summed E-state index contributed by atoms with van der Waals surface area (Å²) >= 11 is 3.15. The van der Waals surface area contributed by atoms with Gasteiger partial charge in [0.05, 0.1) is 29.0 Å². The van der Waals surface area contributed by atoms with Gasteiger partial charge >= 0.3 is 6.09 Å². The second-order valence-corrected chi connectivity index (χ2v) is 5.25. The molecule has 1 aliphatic heterocycles. The Morgan fingerprint density at radius 2 is 2.37 bits per heavy atom. The van der Waals surface area contributed by atoms with Gasteiger partial charge < -0.3 is 20.7 Å². The maximum atomic E-state index is 13.3. The van der Waals surface area contributed by atoms with Gasteiger partial charge in [-0.1, -0.05) is 0 Å². The predicted molar refractivity (Wildman–Crippen MR) is 74.7 cm³/mol. The number of carbonyl (C=O) groups is 1. The van der Waals surface area contributed by atoms with Crippen molar-refractivity contribution in [3.63, 3.8) is 0 Å². The summed E-state index contributed by atoms with van der Waals surface area (Å²) in [5, 5.41) is 2.74. The van der Waals surface area contributed by atoms with Crippen LogP contribution in [-0.2, 0) is 4.74 Å². The van der Waals surface area contributed by atoms with Crippen molar-refractivity contribution < 1.29 is 13.9 Å². The van der Waals surface area contributed by atoms with Gasteiger partial charge in [0.15, 0.2) is 0 Å². The molecule has 0 aromatic heterocycles. The van der Waals surface area contributed by atoms with Crippen molar-refractivity contribution in [2.24, 2.45) is 0 Å². The summed E-state index contributed by atoms with van der Waals surface area (Å²) in [6.45, 7) is 1.37. The fraction of sp³-hybridized carbons (Fsp3) is 0.417. The minimum absolute atomic E-state index is 0.00989. The van der Waals surface area contributed by atoms with Crippen LogP contribution in [0.15, 0.2) is 16.6 Å². The van der Waals surface area contributed by atoms with Gasteiger partial charge in [-0.25, -0.2) is 9.18 Å². The molecule has 1 saturated heterocycles. The summed E-state index contributed by atoms with van der Waals surface area (Å²) in [6, 6.07) is 2.96. The average molecular weight is 332 g/mol. The summed E-state index contributed by atoms with van der Waals surface area (Å²) in [5.41, 5.74) is 6.98. The molecule has 0 saturated carbocycles. The van der Waals surface area contributed by atoms with E-state index < -0.39 is 6.09 Å². The lowest BCUT2D eigenvalue weighted by Crippen LogP contribution is -2.37. The van der Waals surface area contributed by atoms with Crippen molar-refractivity contribution in [1.29, 1.82) is 0 Å². The van der Waals surface area contributed by atoms with Gasteiger partial charge in [0.1, 0.15) is 5.82 Å². The molecule has 1 aliphatic rings. The zero-order valence-electron chi connectivity index (χ0n) is 10.5. The number of rotatable bonds is 2. The zero-order chi connectivity index (χ0) is 14.0. The number of benzene rings is 1. The molecule has 2 rings (SSSR count). The first kappa shape index (κ1) is 13.9. The van der Waals surface area contributed by atoms with Gasteiger partial charge in [0.25, 0.3) is 0 Å². The molecule has 1 aromatic carbocycles. The Morgan fingerprint density at radius 3 is 3.05 bits per heavy atom. The molecule has 0 bridgehead atoms. The Hall–Kier alpha value is -1.50. The summed E-state index contributed by atoms with van der Waals surface area (Å²) in [6.07, 6.45) is 0.351. The van der Waals surface area contributed by atoms with Crippen LogP contribution in [0.1, 0.15) is 6.42 Å². The van der Waals surface area contributed by atoms with E-state index in [0.29, 0.717) is 16.7 Å². The van der Waals surface area contributed by atoms with E-state index in [4.69, 9.17) is 5.73 Å². The quantitative estimate of drug-likeness (QED) is 0.814. The molecule has 3 N–H and O–H groups in total. The number of nitrogen functional groups attached to an aromatic ring is 1. The van der Waals surface area contributed by atoms with E-state index in [1.807, 2.05) is 4.90 Å². The molecule has 1 fully saturated rings. The lowest BCUT2D eigenvalue weighted by atomic mass is 10.2. The highest BCUT2D eigenvalue weighted by molar-refractivity contribution is 9.10. The highest BCUT2D eigenvalue weighted by Gasteiger charge is 2.26. The van der Waals surface area contributed by atoms with E-state index >= 15 is 0 Å². The highest BCUT2D eigenvalue weighted by atomic mass is 79.9. The van der Waals surface area contributed by atoms with E-state index in [-0.39, 0.29) is 11.9 Å². The Labute approximate surface area is 119 Å². The van der Waals surface area contributed by atoms with Crippen molar-refractivity contribution in [2.45, 2.75) is 12.5 Å². The summed E-state index contributed by atoms with van der Waals surface area (Å²) in [4.78, 5) is 13.2. The standard InChI is InChI=1S/C12H15BrFN3O2/c1-19-12(18)16-7-2-3-17(6-7)11-4-8(13)9(14)5-10(11)15/h4-5,7H,2-3,6,15H2,1H3,(H,16,18). The number of nitrogens with two attached hydrogens (primary N) is 1. The van der Waals surface area contributed by atoms with Crippen LogP contribution in [0.3, 0.4) is 0 Å². The van der Waals surface area contributed by atoms with E-state index in [1.54, 1.807) is 6.07 Å². The number of alkyl carbamates (subject to hydrolysis) is 1. The predicted octanol–water partition coefficient (Wildman–Crippen LogP) is 2.11. The summed E-state index contributed by atoms with van der Waals surface area (Å²) in [7, 11) is 1.33. The number of nitrogens with one attached hydrogen (secondary N) is 1. The SMILES string of the molecule is COC(=O)NC1CCN(c2cc(Br)c(F)cc2N)C1. The molecule has 7 heteroatoms. The second-order valence-electron chi connectivity index (χ2n) is 4.39. The third kappa shape index (κ3) is 3.09. The molecule has 0 spiro atoms. The molecule has 1 heterocycles. The first-order chi connectivity index (χ1) is 9.01. The normalized spacial score (nSPS) is 18.5. The number of nitrogens with zero attached hydrogens (tertiary/aromatic N) is 1. The van der Waals surface area contributed by atoms with Crippen LogP contribution in [0.2, 0.25) is 0 Å². The molecule has 19 heavy (non-hydrogen) atoms. The lowest BCUT2D eigenvalue weighted by molar-refractivity contribution is 0.167. The first-order valence-corrected chi connectivity index (χ1v) is 6.64. The third-order valence-corrected chi connectivity index (χ3v) is 3.71. The minimum Gasteiger partial charge on any atom is -0.453 e. The topological polar surface area (TPSA) is 67.6 Å². The molecular formula is C12H15BrFN3O2. The largest absolute Gasteiger partial charge is 0.453 e. The number of ether oxygens (including phenoxy) is 1. The van der Waals surface area contributed by atoms with Crippen molar-refractivity contribution in [2.75, 3.05) is 30.8 Å². The van der Waals surface area contributed by atoms with Gasteiger partial charge in [-0.05, 0) is 28.4 Å². The van der Waals surface area contributed by atoms with Crippen molar-refractivity contribution >= 4 is 33.4 Å². The lowest BCUT2D eigenvalue weighted by Gasteiger charge is -2.21. The van der Waals surface area contributed by atoms with Gasteiger partial charge in [-0.15, -0.1) is 0 Å². The molecule has 104 valence electrons. The third-order valence-electron chi connectivity index (χ3n) is 3.11. The number of carbonyl (C=O) groups excluding carboxylic acids is 1. The number of hydrogen-bond donors (Lipinski definition) is 2. The Morgan fingerprint density at radius 1 is 1.63 bits per heavy atom. The van der Waals surface area contributed by atoms with Crippen LogP contribution < -0.4 is 16.0 Å². The fourth-order valence-corrected chi connectivity index (χ4v) is 2.48. The van der Waals surface area contributed by atoms with Crippen molar-refractivity contribution in [1.82, 2.24) is 5.32 Å². The highest BCUT2D eigenvalue weighted by Crippen LogP contribution is 2.31. The minimum atomic E-state index is -0.444. The van der Waals surface area contributed by atoms with Crippen LogP contribution in [0, 0.1) is 5.82 Å². The van der Waals surface area contributed by atoms with E-state index in [1.165, 1.54) is 13.2 Å². The first-order valence-electron chi connectivity index (χ1n) is 5.85. The fourth-order valence-electron chi connectivity index (χ4n) is 2.15. The monoisotopic (exact) mass is 331 g/mol. The number of anilines is 2. The van der Waals surface area contributed by atoms with Gasteiger partial charge in [0.2, 0.25) is 0 Å². The zero-order valence-corrected chi connectivity index (χ0v) is 12.0. The van der Waals surface area contributed by atoms with E-state index in [0.717, 1.165) is 18.7 Å². The molecule has 0 aliphatic carbocycles. The smallest absolute Gasteiger partial charge is 0.407 e. The summed E-state index contributed by atoms with van der Waals surface area (Å²) < 4.78 is 18.3. The number of methoxy groups -OCH3 is 1. The van der Waals surface area contributed by atoms with Gasteiger partial charge in [-0.2, -0.15) is 0 Å². The molecule has 1 amide bonds. The molecular weight excluding hydrogens is 317 g/mol. The molecule has 5 nitrogen and oxygen atoms in total. The second kappa shape index (κ2) is 5.64. The van der Waals surface area contributed by atoms with Gasteiger partial charge in [0, 0.05) is 19.2 Å². The van der Waals surface area contributed by atoms with Crippen molar-refractivity contribution in [3.8, 4) is 0 Å². The molecule has 0 radical (unpaired) electrons. The van der Waals surface area contributed by atoms with Gasteiger partial charge in [-0.3, -0.25) is 0 Å². The van der Waals surface area contributed by atoms with Crippen LogP contribution in [0.25, 0.3) is 0 Å². The molecule has 1 aromatic rings. The maximum Gasteiger partial charge on any atom is 0.407 e. The molecule has 1 unspecified atom stereocenters. The summed E-state index contributed by atoms with van der Waals surface area (Å²) in [5.74, 6) is -0.385. The molecule has 1 atom stereocenters. The van der Waals surface area contributed by atoms with Crippen LogP contribution in [0.4, 0.5) is 20.6 Å².